The molecule has 3 rings (SSSR count). The SMILES string of the molecule is COc1cncc(OC2CCN(C(=O)c3cc(O)[nH]c(=O)c3)C2)n1. The van der Waals surface area contributed by atoms with Crippen molar-refractivity contribution >= 4 is 5.91 Å². The minimum Gasteiger partial charge on any atom is -0.494 e. The summed E-state index contributed by atoms with van der Waals surface area (Å²) >= 11 is 0. The lowest BCUT2D eigenvalue weighted by Gasteiger charge is -2.17. The first kappa shape index (κ1) is 15.8. The quantitative estimate of drug-likeness (QED) is 0.819. The number of nitrogens with zero attached hydrogens (tertiary/aromatic N) is 3. The van der Waals surface area contributed by atoms with Crippen molar-refractivity contribution in [3.05, 3.63) is 40.4 Å². The highest BCUT2D eigenvalue weighted by Gasteiger charge is 2.29. The van der Waals surface area contributed by atoms with E-state index in [9.17, 15) is 14.7 Å². The minimum absolute atomic E-state index is 0.137. The van der Waals surface area contributed by atoms with Crippen LogP contribution in [-0.4, -0.2) is 57.2 Å². The molecule has 0 aliphatic carbocycles. The van der Waals surface area contributed by atoms with Crippen LogP contribution >= 0.6 is 0 Å². The molecule has 1 aliphatic rings. The molecule has 0 aromatic carbocycles. The number of rotatable bonds is 4. The summed E-state index contributed by atoms with van der Waals surface area (Å²) in [5, 5.41) is 9.40. The number of likely N-dealkylation sites (tertiary alicyclic amines) is 1. The van der Waals surface area contributed by atoms with E-state index >= 15 is 0 Å². The van der Waals surface area contributed by atoms with Gasteiger partial charge in [-0.05, 0) is 0 Å². The Hall–Kier alpha value is -3.10. The van der Waals surface area contributed by atoms with Crippen LogP contribution in [0.15, 0.2) is 29.3 Å². The van der Waals surface area contributed by atoms with Crippen LogP contribution in [0.4, 0.5) is 0 Å². The smallest absolute Gasteiger partial charge is 0.254 e. The number of carbonyl (C=O) groups excluding carboxylic acids is 1. The van der Waals surface area contributed by atoms with E-state index in [0.29, 0.717) is 31.3 Å². The summed E-state index contributed by atoms with van der Waals surface area (Å²) in [5.41, 5.74) is -0.393. The molecule has 1 fully saturated rings. The minimum atomic E-state index is -0.531. The Morgan fingerprint density at radius 3 is 2.92 bits per heavy atom. The van der Waals surface area contributed by atoms with Gasteiger partial charge in [-0.2, -0.15) is 4.98 Å². The number of hydrogen-bond acceptors (Lipinski definition) is 7. The molecule has 0 radical (unpaired) electrons. The van der Waals surface area contributed by atoms with Gasteiger partial charge in [-0.25, -0.2) is 0 Å². The van der Waals surface area contributed by atoms with Crippen LogP contribution in [0.25, 0.3) is 0 Å². The van der Waals surface area contributed by atoms with Gasteiger partial charge in [-0.3, -0.25) is 19.6 Å². The molecule has 0 bridgehead atoms. The van der Waals surface area contributed by atoms with E-state index in [4.69, 9.17) is 9.47 Å². The Balaban J connectivity index is 1.66. The van der Waals surface area contributed by atoms with Crippen molar-refractivity contribution in [1.29, 1.82) is 0 Å². The molecule has 24 heavy (non-hydrogen) atoms. The average Bonchev–Trinajstić information content (AvgIpc) is 3.02. The molecule has 126 valence electrons. The first-order chi connectivity index (χ1) is 11.5. The van der Waals surface area contributed by atoms with Crippen LogP contribution in [0.5, 0.6) is 17.6 Å². The monoisotopic (exact) mass is 332 g/mol. The maximum Gasteiger partial charge on any atom is 0.254 e. The van der Waals surface area contributed by atoms with E-state index in [1.165, 1.54) is 25.6 Å². The standard InChI is InChI=1S/C15H16N4O5/c1-23-13-6-16-7-14(18-13)24-10-2-3-19(8-10)15(22)9-4-11(20)17-12(21)5-9/h4-7,10H,2-3,8H2,1H3,(H2,17,20,21). The summed E-state index contributed by atoms with van der Waals surface area (Å²) in [6.45, 7) is 0.833. The van der Waals surface area contributed by atoms with Crippen LogP contribution in [0, 0.1) is 0 Å². The van der Waals surface area contributed by atoms with Crippen molar-refractivity contribution in [1.82, 2.24) is 19.9 Å². The van der Waals surface area contributed by atoms with Gasteiger partial charge >= 0.3 is 0 Å². The molecule has 2 N–H and O–H groups in total. The van der Waals surface area contributed by atoms with E-state index < -0.39 is 5.56 Å². The first-order valence-electron chi connectivity index (χ1n) is 7.30. The zero-order valence-electron chi connectivity index (χ0n) is 12.9. The summed E-state index contributed by atoms with van der Waals surface area (Å²) in [6.07, 6.45) is 3.34. The van der Waals surface area contributed by atoms with Crippen molar-refractivity contribution in [2.24, 2.45) is 0 Å². The third kappa shape index (κ3) is 3.45. The van der Waals surface area contributed by atoms with Crippen molar-refractivity contribution in [3.63, 3.8) is 0 Å². The normalized spacial score (nSPS) is 16.9. The topological polar surface area (TPSA) is 118 Å². The Kier molecular flexibility index (Phi) is 4.32. The molecule has 9 heteroatoms. The summed E-state index contributed by atoms with van der Waals surface area (Å²) in [5.74, 6) is -0.0106. The van der Waals surface area contributed by atoms with Gasteiger partial charge in [0.1, 0.15) is 6.10 Å². The molecule has 1 amide bonds. The van der Waals surface area contributed by atoms with Gasteiger partial charge < -0.3 is 19.5 Å². The number of nitrogens with one attached hydrogen (secondary N) is 1. The summed E-state index contributed by atoms with van der Waals surface area (Å²) in [7, 11) is 1.49. The molecular weight excluding hydrogens is 316 g/mol. The van der Waals surface area contributed by atoms with Crippen LogP contribution in [0.2, 0.25) is 0 Å². The van der Waals surface area contributed by atoms with Crippen molar-refractivity contribution in [3.8, 4) is 17.6 Å². The van der Waals surface area contributed by atoms with Gasteiger partial charge in [0.2, 0.25) is 11.8 Å². The number of aromatic amines is 1. The Bertz CT molecular complexity index is 806. The zero-order valence-corrected chi connectivity index (χ0v) is 12.9. The Morgan fingerprint density at radius 1 is 1.38 bits per heavy atom. The lowest BCUT2D eigenvalue weighted by atomic mass is 10.2. The number of pyridine rings is 1. The number of aromatic hydroxyl groups is 1. The predicted molar refractivity (Wildman–Crippen MR) is 82.2 cm³/mol. The van der Waals surface area contributed by atoms with E-state index in [0.717, 1.165) is 6.07 Å². The van der Waals surface area contributed by atoms with E-state index in [2.05, 4.69) is 15.0 Å². The largest absolute Gasteiger partial charge is 0.494 e. The lowest BCUT2D eigenvalue weighted by Crippen LogP contribution is -2.31. The van der Waals surface area contributed by atoms with Crippen LogP contribution < -0.4 is 15.0 Å². The molecule has 0 spiro atoms. The molecule has 2 aromatic heterocycles. The second-order valence-electron chi connectivity index (χ2n) is 5.30. The number of aromatic nitrogens is 3. The zero-order chi connectivity index (χ0) is 17.1. The van der Waals surface area contributed by atoms with Crippen molar-refractivity contribution in [2.75, 3.05) is 20.2 Å². The number of carbonyl (C=O) groups is 1. The number of H-pyrrole nitrogens is 1. The van der Waals surface area contributed by atoms with E-state index in [1.54, 1.807) is 4.90 Å². The van der Waals surface area contributed by atoms with Gasteiger partial charge in [-0.1, -0.05) is 0 Å². The summed E-state index contributed by atoms with van der Waals surface area (Å²) in [6, 6.07) is 2.38. The molecule has 9 nitrogen and oxygen atoms in total. The molecule has 1 aliphatic heterocycles. The molecule has 1 atom stereocenters. The fourth-order valence-corrected chi connectivity index (χ4v) is 2.50. The number of ether oxygens (including phenoxy) is 2. The Labute approximate surface area is 136 Å². The van der Waals surface area contributed by atoms with E-state index in [1.807, 2.05) is 0 Å². The lowest BCUT2D eigenvalue weighted by molar-refractivity contribution is 0.0770. The Morgan fingerprint density at radius 2 is 2.17 bits per heavy atom. The summed E-state index contributed by atoms with van der Waals surface area (Å²) in [4.78, 5) is 35.6. The average molecular weight is 332 g/mol. The number of methoxy groups -OCH3 is 1. The van der Waals surface area contributed by atoms with Gasteiger partial charge in [0.25, 0.3) is 11.5 Å². The number of amides is 1. The van der Waals surface area contributed by atoms with Gasteiger partial charge in [-0.15, -0.1) is 0 Å². The molecule has 1 unspecified atom stereocenters. The molecule has 3 heterocycles. The van der Waals surface area contributed by atoms with Crippen LogP contribution in [0.1, 0.15) is 16.8 Å². The molecule has 1 saturated heterocycles. The summed E-state index contributed by atoms with van der Waals surface area (Å²) < 4.78 is 10.7. The highest BCUT2D eigenvalue weighted by Crippen LogP contribution is 2.19. The molecule has 0 saturated carbocycles. The van der Waals surface area contributed by atoms with Crippen LogP contribution in [0.3, 0.4) is 0 Å². The third-order valence-electron chi connectivity index (χ3n) is 3.60. The van der Waals surface area contributed by atoms with Crippen LogP contribution in [-0.2, 0) is 0 Å². The second kappa shape index (κ2) is 6.57. The second-order valence-corrected chi connectivity index (χ2v) is 5.30. The fourth-order valence-electron chi connectivity index (χ4n) is 2.50. The van der Waals surface area contributed by atoms with E-state index in [-0.39, 0.29) is 23.5 Å². The third-order valence-corrected chi connectivity index (χ3v) is 3.60. The predicted octanol–water partition coefficient (Wildman–Crippen LogP) is 0.173. The van der Waals surface area contributed by atoms with Gasteiger partial charge in [0.05, 0.1) is 31.6 Å². The molecular formula is C15H16N4O5. The van der Waals surface area contributed by atoms with Crippen molar-refractivity contribution < 1.29 is 19.4 Å². The maximum absolute atomic E-state index is 12.4. The fraction of sp³-hybridized carbons (Fsp3) is 0.333. The molecule has 2 aromatic rings. The first-order valence-corrected chi connectivity index (χ1v) is 7.30. The highest BCUT2D eigenvalue weighted by atomic mass is 16.5. The highest BCUT2D eigenvalue weighted by molar-refractivity contribution is 5.94. The number of hydrogen-bond donors (Lipinski definition) is 2. The van der Waals surface area contributed by atoms with Gasteiger partial charge in [0, 0.05) is 25.1 Å². The maximum atomic E-state index is 12.4. The van der Waals surface area contributed by atoms with Crippen molar-refractivity contribution in [2.45, 2.75) is 12.5 Å². The van der Waals surface area contributed by atoms with Gasteiger partial charge in [0.15, 0.2) is 5.88 Å².